The van der Waals surface area contributed by atoms with Gasteiger partial charge in [0.1, 0.15) is 0 Å². The molecule has 2 heterocycles. The van der Waals surface area contributed by atoms with Crippen molar-refractivity contribution >= 4 is 15.9 Å². The monoisotopic (exact) mass is 333 g/mol. The Morgan fingerprint density at radius 1 is 1.27 bits per heavy atom. The molecule has 2 fully saturated rings. The maximum atomic E-state index is 12.3. The molecule has 0 aromatic carbocycles. The minimum Gasteiger partial charge on any atom is -0.378 e. The van der Waals surface area contributed by atoms with E-state index in [1.165, 1.54) is 6.26 Å². The van der Waals surface area contributed by atoms with Crippen molar-refractivity contribution in [2.45, 2.75) is 19.9 Å². The molecule has 0 radical (unpaired) electrons. The van der Waals surface area contributed by atoms with Gasteiger partial charge in [-0.25, -0.2) is 13.1 Å². The number of amides is 1. The zero-order valence-corrected chi connectivity index (χ0v) is 14.4. The van der Waals surface area contributed by atoms with Crippen LogP contribution in [0.5, 0.6) is 0 Å². The van der Waals surface area contributed by atoms with Crippen LogP contribution in [-0.4, -0.2) is 82.4 Å². The van der Waals surface area contributed by atoms with E-state index >= 15 is 0 Å². The Morgan fingerprint density at radius 3 is 2.45 bits per heavy atom. The molecule has 2 saturated heterocycles. The van der Waals surface area contributed by atoms with E-state index in [-0.39, 0.29) is 17.9 Å². The first-order chi connectivity index (χ1) is 10.3. The number of nitrogens with one attached hydrogen (secondary N) is 1. The molecule has 0 spiro atoms. The number of morpholine rings is 1. The second-order valence-corrected chi connectivity index (χ2v) is 8.37. The summed E-state index contributed by atoms with van der Waals surface area (Å²) in [6.07, 6.45) is 1.19. The summed E-state index contributed by atoms with van der Waals surface area (Å²) in [7, 11) is -3.23. The number of ether oxygens (including phenoxy) is 1. The number of carbonyl (C=O) groups excluding carboxylic acids is 1. The second kappa shape index (κ2) is 7.25. The lowest BCUT2D eigenvalue weighted by molar-refractivity contribution is -0.136. The standard InChI is InChI=1S/C14H27N3O4S/c1-11(2)12-8-16(9-13(12)15-22(3,19)20)10-14(18)17-4-6-21-7-5-17/h11-13,15H,4-10H2,1-3H3/t12-,13+/m0/s1. The van der Waals surface area contributed by atoms with Crippen LogP contribution in [-0.2, 0) is 19.6 Å². The zero-order chi connectivity index (χ0) is 16.3. The lowest BCUT2D eigenvalue weighted by Gasteiger charge is -2.28. The topological polar surface area (TPSA) is 79.0 Å². The quantitative estimate of drug-likeness (QED) is 0.723. The Morgan fingerprint density at radius 2 is 1.91 bits per heavy atom. The Balaban J connectivity index is 1.93. The number of carbonyl (C=O) groups is 1. The minimum absolute atomic E-state index is 0.103. The molecule has 2 rings (SSSR count). The van der Waals surface area contributed by atoms with E-state index in [2.05, 4.69) is 23.5 Å². The third kappa shape index (κ3) is 4.91. The van der Waals surface area contributed by atoms with Crippen LogP contribution in [0.2, 0.25) is 0 Å². The van der Waals surface area contributed by atoms with Crippen LogP contribution in [0.4, 0.5) is 0 Å². The number of hydrogen-bond donors (Lipinski definition) is 1. The van der Waals surface area contributed by atoms with Crippen molar-refractivity contribution in [3.05, 3.63) is 0 Å². The van der Waals surface area contributed by atoms with Crippen LogP contribution in [0.1, 0.15) is 13.8 Å². The second-order valence-electron chi connectivity index (χ2n) is 6.59. The van der Waals surface area contributed by atoms with Crippen LogP contribution in [0.25, 0.3) is 0 Å². The van der Waals surface area contributed by atoms with Gasteiger partial charge in [-0.3, -0.25) is 9.69 Å². The van der Waals surface area contributed by atoms with Gasteiger partial charge in [0.05, 0.1) is 26.0 Å². The summed E-state index contributed by atoms with van der Waals surface area (Å²) in [4.78, 5) is 16.2. The van der Waals surface area contributed by atoms with Gasteiger partial charge in [0, 0.05) is 32.2 Å². The number of sulfonamides is 1. The summed E-state index contributed by atoms with van der Waals surface area (Å²) < 4.78 is 31.0. The normalized spacial score (nSPS) is 27.5. The van der Waals surface area contributed by atoms with Gasteiger partial charge >= 0.3 is 0 Å². The highest BCUT2D eigenvalue weighted by atomic mass is 32.2. The average Bonchev–Trinajstić information content (AvgIpc) is 2.80. The summed E-state index contributed by atoms with van der Waals surface area (Å²) >= 11 is 0. The fourth-order valence-electron chi connectivity index (χ4n) is 3.22. The van der Waals surface area contributed by atoms with E-state index < -0.39 is 10.0 Å². The van der Waals surface area contributed by atoms with Gasteiger partial charge in [-0.1, -0.05) is 13.8 Å². The molecule has 0 aromatic rings. The van der Waals surface area contributed by atoms with Crippen molar-refractivity contribution in [3.8, 4) is 0 Å². The van der Waals surface area contributed by atoms with Crippen molar-refractivity contribution < 1.29 is 17.9 Å². The molecule has 0 unspecified atom stereocenters. The van der Waals surface area contributed by atoms with Crippen LogP contribution in [0.3, 0.4) is 0 Å². The summed E-state index contributed by atoms with van der Waals surface area (Å²) in [5, 5.41) is 0. The molecule has 8 heteroatoms. The Bertz CT molecular complexity index is 488. The van der Waals surface area contributed by atoms with Gasteiger partial charge in [0.2, 0.25) is 15.9 Å². The average molecular weight is 333 g/mol. The van der Waals surface area contributed by atoms with E-state index in [9.17, 15) is 13.2 Å². The van der Waals surface area contributed by atoms with E-state index in [1.54, 1.807) is 0 Å². The van der Waals surface area contributed by atoms with Gasteiger partial charge in [-0.15, -0.1) is 0 Å². The van der Waals surface area contributed by atoms with Crippen molar-refractivity contribution in [3.63, 3.8) is 0 Å². The predicted molar refractivity (Wildman–Crippen MR) is 83.9 cm³/mol. The summed E-state index contributed by atoms with van der Waals surface area (Å²) in [5.41, 5.74) is 0. The maximum Gasteiger partial charge on any atom is 0.236 e. The smallest absolute Gasteiger partial charge is 0.236 e. The molecule has 22 heavy (non-hydrogen) atoms. The molecule has 128 valence electrons. The largest absolute Gasteiger partial charge is 0.378 e. The van der Waals surface area contributed by atoms with Crippen molar-refractivity contribution in [2.75, 3.05) is 52.2 Å². The van der Waals surface area contributed by atoms with Gasteiger partial charge in [-0.2, -0.15) is 0 Å². The molecule has 7 nitrogen and oxygen atoms in total. The van der Waals surface area contributed by atoms with E-state index in [0.717, 1.165) is 6.54 Å². The molecule has 0 bridgehead atoms. The molecule has 1 N–H and O–H groups in total. The lowest BCUT2D eigenvalue weighted by Crippen LogP contribution is -2.46. The van der Waals surface area contributed by atoms with Gasteiger partial charge in [0.25, 0.3) is 0 Å². The Kier molecular flexibility index (Phi) is 5.81. The van der Waals surface area contributed by atoms with Crippen LogP contribution in [0, 0.1) is 11.8 Å². The number of nitrogens with zero attached hydrogens (tertiary/aromatic N) is 2. The Hall–Kier alpha value is -0.700. The maximum absolute atomic E-state index is 12.3. The van der Waals surface area contributed by atoms with Gasteiger partial charge in [0.15, 0.2) is 0 Å². The molecule has 2 aliphatic rings. The Labute approximate surface area is 133 Å². The number of hydrogen-bond acceptors (Lipinski definition) is 5. The van der Waals surface area contributed by atoms with E-state index in [0.29, 0.717) is 45.3 Å². The summed E-state index contributed by atoms with van der Waals surface area (Å²) in [6, 6.07) is -0.118. The van der Waals surface area contributed by atoms with E-state index in [4.69, 9.17) is 4.74 Å². The van der Waals surface area contributed by atoms with Crippen LogP contribution >= 0.6 is 0 Å². The third-order valence-corrected chi connectivity index (χ3v) is 5.12. The molecule has 0 aliphatic carbocycles. The molecule has 0 aromatic heterocycles. The highest BCUT2D eigenvalue weighted by Gasteiger charge is 2.37. The van der Waals surface area contributed by atoms with Crippen molar-refractivity contribution in [1.82, 2.24) is 14.5 Å². The number of likely N-dealkylation sites (tertiary alicyclic amines) is 1. The first-order valence-electron chi connectivity index (χ1n) is 7.81. The zero-order valence-electron chi connectivity index (χ0n) is 13.6. The molecule has 0 saturated carbocycles. The molecule has 1 amide bonds. The van der Waals surface area contributed by atoms with Crippen LogP contribution < -0.4 is 4.72 Å². The number of rotatable bonds is 5. The third-order valence-electron chi connectivity index (χ3n) is 4.39. The SMILES string of the molecule is CC(C)[C@@H]1CN(CC(=O)N2CCOCC2)C[C@H]1NS(C)(=O)=O. The molecule has 2 aliphatic heterocycles. The minimum atomic E-state index is -3.23. The van der Waals surface area contributed by atoms with Crippen LogP contribution in [0.15, 0.2) is 0 Å². The highest BCUT2D eigenvalue weighted by molar-refractivity contribution is 7.88. The summed E-state index contributed by atoms with van der Waals surface area (Å²) in [6.45, 7) is 8.36. The first kappa shape index (κ1) is 17.7. The van der Waals surface area contributed by atoms with Crippen molar-refractivity contribution in [2.24, 2.45) is 11.8 Å². The summed E-state index contributed by atoms with van der Waals surface area (Å²) in [5.74, 6) is 0.695. The van der Waals surface area contributed by atoms with E-state index in [1.807, 2.05) is 4.90 Å². The highest BCUT2D eigenvalue weighted by Crippen LogP contribution is 2.24. The fourth-order valence-corrected chi connectivity index (χ4v) is 4.02. The predicted octanol–water partition coefficient (Wildman–Crippen LogP) is -0.649. The molecular formula is C14H27N3O4S. The lowest BCUT2D eigenvalue weighted by atomic mass is 9.92. The van der Waals surface area contributed by atoms with Gasteiger partial charge in [-0.05, 0) is 11.8 Å². The van der Waals surface area contributed by atoms with Gasteiger partial charge < -0.3 is 9.64 Å². The molecular weight excluding hydrogens is 306 g/mol. The first-order valence-corrected chi connectivity index (χ1v) is 9.70. The van der Waals surface area contributed by atoms with Crippen molar-refractivity contribution in [1.29, 1.82) is 0 Å². The fraction of sp³-hybridized carbons (Fsp3) is 0.929. The molecule has 2 atom stereocenters.